The minimum absolute atomic E-state index is 0.264. The van der Waals surface area contributed by atoms with Gasteiger partial charge in [0.1, 0.15) is 0 Å². The molecule has 0 radical (unpaired) electrons. The van der Waals surface area contributed by atoms with Crippen LogP contribution in [0.3, 0.4) is 0 Å². The number of carbonyl (C=O) groups is 1. The van der Waals surface area contributed by atoms with Crippen LogP contribution in [-0.4, -0.2) is 84.2 Å². The largest absolute Gasteiger partial charge is 0.392 e. The van der Waals surface area contributed by atoms with Gasteiger partial charge in [0.25, 0.3) is 0 Å². The second-order valence-corrected chi connectivity index (χ2v) is 6.54. The molecule has 5 nitrogen and oxygen atoms in total. The van der Waals surface area contributed by atoms with Crippen LogP contribution < -0.4 is 0 Å². The van der Waals surface area contributed by atoms with Crippen LogP contribution in [0.2, 0.25) is 0 Å². The number of β-amino-alcohol motifs (C(OH)–C–C–N with tert-alkyl or cyclic N) is 1. The van der Waals surface area contributed by atoms with E-state index in [1.807, 2.05) is 11.0 Å². The summed E-state index contributed by atoms with van der Waals surface area (Å²) < 4.78 is 0. The number of allylic oxidation sites excluding steroid dienone is 1. The van der Waals surface area contributed by atoms with E-state index in [0.29, 0.717) is 12.5 Å². The third-order valence-electron chi connectivity index (χ3n) is 4.71. The molecule has 2 aliphatic rings. The van der Waals surface area contributed by atoms with E-state index in [0.717, 1.165) is 71.5 Å². The Morgan fingerprint density at radius 2 is 1.68 bits per heavy atom. The number of hydrogen-bond donors (Lipinski definition) is 1. The summed E-state index contributed by atoms with van der Waals surface area (Å²) in [4.78, 5) is 18.8. The van der Waals surface area contributed by atoms with Gasteiger partial charge >= 0.3 is 0 Å². The van der Waals surface area contributed by atoms with Crippen LogP contribution in [0.5, 0.6) is 0 Å². The van der Waals surface area contributed by atoms with Gasteiger partial charge in [-0.05, 0) is 32.1 Å². The second-order valence-electron chi connectivity index (χ2n) is 6.54. The van der Waals surface area contributed by atoms with E-state index in [2.05, 4.69) is 16.4 Å². The lowest BCUT2D eigenvalue weighted by atomic mass is 10.1. The maximum atomic E-state index is 12.3. The van der Waals surface area contributed by atoms with Crippen LogP contribution in [-0.2, 0) is 4.79 Å². The Balaban J connectivity index is 1.64. The average Bonchev–Trinajstić information content (AvgIpc) is 2.55. The highest BCUT2D eigenvalue weighted by atomic mass is 16.3. The smallest absolute Gasteiger partial charge is 0.236 e. The predicted molar refractivity (Wildman–Crippen MR) is 88.7 cm³/mol. The van der Waals surface area contributed by atoms with Gasteiger partial charge in [-0.3, -0.25) is 14.6 Å². The summed E-state index contributed by atoms with van der Waals surface area (Å²) in [6, 6.07) is 0. The van der Waals surface area contributed by atoms with Crippen LogP contribution in [0, 0.1) is 0 Å². The highest BCUT2D eigenvalue weighted by Gasteiger charge is 2.23. The minimum atomic E-state index is -0.264. The molecule has 0 aromatic heterocycles. The molecule has 1 unspecified atom stereocenters. The van der Waals surface area contributed by atoms with Crippen LogP contribution in [0.4, 0.5) is 0 Å². The van der Waals surface area contributed by atoms with Crippen LogP contribution in [0.15, 0.2) is 12.7 Å². The number of likely N-dealkylation sites (tertiary alicyclic amines) is 1. The lowest BCUT2D eigenvalue weighted by Gasteiger charge is -2.36. The second kappa shape index (κ2) is 9.28. The molecular weight excluding hydrogens is 278 g/mol. The van der Waals surface area contributed by atoms with Gasteiger partial charge in [-0.25, -0.2) is 0 Å². The Hall–Kier alpha value is -0.910. The molecule has 2 heterocycles. The summed E-state index contributed by atoms with van der Waals surface area (Å²) in [7, 11) is 0. The van der Waals surface area contributed by atoms with Crippen molar-refractivity contribution in [2.45, 2.75) is 38.2 Å². The Bertz CT molecular complexity index is 348. The van der Waals surface area contributed by atoms with E-state index in [9.17, 15) is 9.90 Å². The van der Waals surface area contributed by atoms with Crippen molar-refractivity contribution < 1.29 is 9.90 Å². The first-order valence-electron chi connectivity index (χ1n) is 8.70. The fourth-order valence-electron chi connectivity index (χ4n) is 3.26. The molecule has 2 aliphatic heterocycles. The normalized spacial score (nSPS) is 22.5. The van der Waals surface area contributed by atoms with E-state index in [1.165, 1.54) is 6.42 Å². The summed E-state index contributed by atoms with van der Waals surface area (Å²) in [5, 5.41) is 9.95. The Morgan fingerprint density at radius 1 is 1.05 bits per heavy atom. The van der Waals surface area contributed by atoms with Crippen molar-refractivity contribution in [2.75, 3.05) is 52.4 Å². The lowest BCUT2D eigenvalue weighted by Crippen LogP contribution is -2.51. The van der Waals surface area contributed by atoms with E-state index in [-0.39, 0.29) is 6.10 Å². The monoisotopic (exact) mass is 309 g/mol. The zero-order valence-corrected chi connectivity index (χ0v) is 13.8. The first-order valence-corrected chi connectivity index (χ1v) is 8.70. The Kier molecular flexibility index (Phi) is 7.36. The number of nitrogens with zero attached hydrogens (tertiary/aromatic N) is 3. The van der Waals surface area contributed by atoms with Crippen LogP contribution >= 0.6 is 0 Å². The number of piperazine rings is 1. The molecule has 0 aliphatic carbocycles. The molecule has 0 bridgehead atoms. The summed E-state index contributed by atoms with van der Waals surface area (Å²) >= 11 is 0. The van der Waals surface area contributed by atoms with Crippen molar-refractivity contribution in [3.63, 3.8) is 0 Å². The van der Waals surface area contributed by atoms with Crippen molar-refractivity contribution in [2.24, 2.45) is 0 Å². The molecule has 0 aromatic carbocycles. The number of amides is 1. The summed E-state index contributed by atoms with van der Waals surface area (Å²) in [6.07, 6.45) is 6.82. The average molecular weight is 309 g/mol. The van der Waals surface area contributed by atoms with Gasteiger partial charge in [0.2, 0.25) is 5.91 Å². The first kappa shape index (κ1) is 17.4. The quantitative estimate of drug-likeness (QED) is 0.711. The third-order valence-corrected chi connectivity index (χ3v) is 4.71. The summed E-state index contributed by atoms with van der Waals surface area (Å²) in [5.74, 6) is 0.291. The summed E-state index contributed by atoms with van der Waals surface area (Å²) in [6.45, 7) is 10.6. The van der Waals surface area contributed by atoms with Crippen LogP contribution in [0.25, 0.3) is 0 Å². The third kappa shape index (κ3) is 5.71. The molecule has 2 saturated heterocycles. The maximum Gasteiger partial charge on any atom is 0.236 e. The van der Waals surface area contributed by atoms with E-state index in [1.54, 1.807) is 0 Å². The van der Waals surface area contributed by atoms with Crippen molar-refractivity contribution in [3.8, 4) is 0 Å². The van der Waals surface area contributed by atoms with Crippen molar-refractivity contribution >= 4 is 5.91 Å². The number of carbonyl (C=O) groups excluding carboxylic acids is 1. The highest BCUT2D eigenvalue weighted by molar-refractivity contribution is 5.78. The number of aliphatic hydroxyl groups is 1. The standard InChI is InChI=1S/C17H31N3O2/c1-2-3-7-16(21)14-18-10-12-19(13-11-18)15-17(22)20-8-5-4-6-9-20/h2,16,21H,1,3-15H2. The van der Waals surface area contributed by atoms with Gasteiger partial charge in [-0.2, -0.15) is 0 Å². The molecule has 22 heavy (non-hydrogen) atoms. The molecule has 5 heteroatoms. The van der Waals surface area contributed by atoms with Crippen LogP contribution in [0.1, 0.15) is 32.1 Å². The molecule has 0 saturated carbocycles. The van der Waals surface area contributed by atoms with Gasteiger partial charge < -0.3 is 10.0 Å². The highest BCUT2D eigenvalue weighted by Crippen LogP contribution is 2.10. The molecule has 1 atom stereocenters. The molecule has 1 amide bonds. The molecule has 2 rings (SSSR count). The zero-order valence-electron chi connectivity index (χ0n) is 13.8. The molecule has 2 fully saturated rings. The fourth-order valence-corrected chi connectivity index (χ4v) is 3.26. The number of piperidine rings is 1. The van der Waals surface area contributed by atoms with E-state index < -0.39 is 0 Å². The molecule has 0 aromatic rings. The molecule has 0 spiro atoms. The fraction of sp³-hybridized carbons (Fsp3) is 0.824. The molecule has 1 N–H and O–H groups in total. The van der Waals surface area contributed by atoms with Gasteiger partial charge in [0.15, 0.2) is 0 Å². The Labute approximate surface area is 134 Å². The van der Waals surface area contributed by atoms with E-state index >= 15 is 0 Å². The van der Waals surface area contributed by atoms with E-state index in [4.69, 9.17) is 0 Å². The maximum absolute atomic E-state index is 12.3. The van der Waals surface area contributed by atoms with Crippen molar-refractivity contribution in [1.82, 2.24) is 14.7 Å². The number of aliphatic hydroxyl groups excluding tert-OH is 1. The van der Waals surface area contributed by atoms with Gasteiger partial charge in [-0.15, -0.1) is 6.58 Å². The molecular formula is C17H31N3O2. The Morgan fingerprint density at radius 3 is 2.32 bits per heavy atom. The SMILES string of the molecule is C=CCCC(O)CN1CCN(CC(=O)N2CCCCC2)CC1. The van der Waals surface area contributed by atoms with Crippen molar-refractivity contribution in [3.05, 3.63) is 12.7 Å². The number of rotatable bonds is 7. The molecule has 126 valence electrons. The first-order chi connectivity index (χ1) is 10.7. The zero-order chi connectivity index (χ0) is 15.8. The number of hydrogen-bond acceptors (Lipinski definition) is 4. The van der Waals surface area contributed by atoms with Crippen molar-refractivity contribution in [1.29, 1.82) is 0 Å². The van der Waals surface area contributed by atoms with Gasteiger partial charge in [-0.1, -0.05) is 6.08 Å². The predicted octanol–water partition coefficient (Wildman–Crippen LogP) is 0.944. The van der Waals surface area contributed by atoms with Gasteiger partial charge in [0, 0.05) is 45.8 Å². The topological polar surface area (TPSA) is 47.0 Å². The minimum Gasteiger partial charge on any atom is -0.392 e. The summed E-state index contributed by atoms with van der Waals surface area (Å²) in [5.41, 5.74) is 0. The van der Waals surface area contributed by atoms with Gasteiger partial charge in [0.05, 0.1) is 12.6 Å². The lowest BCUT2D eigenvalue weighted by molar-refractivity contribution is -0.133.